The Hall–Kier alpha value is -1.14. The Balaban J connectivity index is 0. The zero-order chi connectivity index (χ0) is 21.3. The van der Waals surface area contributed by atoms with Crippen LogP contribution in [-0.2, 0) is 28.5 Å². The van der Waals surface area contributed by atoms with E-state index in [-0.39, 0.29) is 17.4 Å². The SMILES string of the molecule is CCC(C)(C)C(=O)OCCOCCOC.CCCCOC(=O)C(C)(C)CC. The minimum Gasteiger partial charge on any atom is -0.465 e. The summed E-state index contributed by atoms with van der Waals surface area (Å²) in [5.74, 6) is -0.237. The fourth-order valence-electron chi connectivity index (χ4n) is 1.43. The van der Waals surface area contributed by atoms with Crippen molar-refractivity contribution in [3.05, 3.63) is 0 Å². The quantitative estimate of drug-likeness (QED) is 0.343. The fraction of sp³-hybridized carbons (Fsp3) is 0.905. The van der Waals surface area contributed by atoms with Gasteiger partial charge in [0.2, 0.25) is 0 Å². The van der Waals surface area contributed by atoms with Crippen molar-refractivity contribution in [1.29, 1.82) is 0 Å². The van der Waals surface area contributed by atoms with Gasteiger partial charge in [-0.15, -0.1) is 0 Å². The predicted molar refractivity (Wildman–Crippen MR) is 108 cm³/mol. The third-order valence-corrected chi connectivity index (χ3v) is 4.50. The molecule has 0 fully saturated rings. The van der Waals surface area contributed by atoms with E-state index in [0.717, 1.165) is 25.7 Å². The number of methoxy groups -OCH3 is 1. The minimum atomic E-state index is -0.396. The van der Waals surface area contributed by atoms with Gasteiger partial charge in [0.05, 0.1) is 37.3 Å². The minimum absolute atomic E-state index is 0.0709. The van der Waals surface area contributed by atoms with Crippen LogP contribution in [0.25, 0.3) is 0 Å². The van der Waals surface area contributed by atoms with Gasteiger partial charge in [-0.3, -0.25) is 9.59 Å². The topological polar surface area (TPSA) is 71.1 Å². The van der Waals surface area contributed by atoms with Crippen LogP contribution in [0.5, 0.6) is 0 Å². The smallest absolute Gasteiger partial charge is 0.311 e. The summed E-state index contributed by atoms with van der Waals surface area (Å²) < 4.78 is 20.1. The molecule has 0 saturated heterocycles. The van der Waals surface area contributed by atoms with Crippen molar-refractivity contribution in [3.8, 4) is 0 Å². The van der Waals surface area contributed by atoms with Crippen molar-refractivity contribution in [2.45, 2.75) is 74.1 Å². The second-order valence-corrected chi connectivity index (χ2v) is 7.71. The van der Waals surface area contributed by atoms with Gasteiger partial charge in [-0.25, -0.2) is 0 Å². The molecule has 0 aromatic carbocycles. The second-order valence-electron chi connectivity index (χ2n) is 7.71. The zero-order valence-electron chi connectivity index (χ0n) is 18.8. The lowest BCUT2D eigenvalue weighted by Gasteiger charge is -2.20. The Labute approximate surface area is 166 Å². The Morgan fingerprint density at radius 3 is 1.56 bits per heavy atom. The molecule has 0 spiro atoms. The summed E-state index contributed by atoms with van der Waals surface area (Å²) in [6, 6.07) is 0. The third-order valence-electron chi connectivity index (χ3n) is 4.50. The van der Waals surface area contributed by atoms with Crippen molar-refractivity contribution in [2.75, 3.05) is 40.1 Å². The maximum Gasteiger partial charge on any atom is 0.311 e. The first-order valence-electron chi connectivity index (χ1n) is 10.00. The normalized spacial score (nSPS) is 11.4. The van der Waals surface area contributed by atoms with E-state index in [1.54, 1.807) is 7.11 Å². The summed E-state index contributed by atoms with van der Waals surface area (Å²) in [6.07, 6.45) is 3.64. The average Bonchev–Trinajstić information content (AvgIpc) is 2.64. The van der Waals surface area contributed by atoms with Gasteiger partial charge in [0.15, 0.2) is 0 Å². The van der Waals surface area contributed by atoms with E-state index in [0.29, 0.717) is 33.0 Å². The van der Waals surface area contributed by atoms with E-state index in [2.05, 4.69) is 6.92 Å². The molecule has 0 radical (unpaired) electrons. The number of carbonyl (C=O) groups excluding carboxylic acids is 2. The van der Waals surface area contributed by atoms with Crippen LogP contribution >= 0.6 is 0 Å². The van der Waals surface area contributed by atoms with Crippen molar-refractivity contribution in [1.82, 2.24) is 0 Å². The lowest BCUT2D eigenvalue weighted by molar-refractivity contribution is -0.156. The zero-order valence-corrected chi connectivity index (χ0v) is 18.8. The molecule has 0 N–H and O–H groups in total. The maximum atomic E-state index is 11.5. The van der Waals surface area contributed by atoms with Crippen molar-refractivity contribution < 1.29 is 28.5 Å². The Morgan fingerprint density at radius 1 is 0.704 bits per heavy atom. The van der Waals surface area contributed by atoms with Crippen LogP contribution in [0.1, 0.15) is 74.1 Å². The van der Waals surface area contributed by atoms with E-state index < -0.39 is 5.41 Å². The van der Waals surface area contributed by atoms with Crippen LogP contribution in [0.4, 0.5) is 0 Å². The molecule has 6 heteroatoms. The first kappa shape index (κ1) is 28.1. The highest BCUT2D eigenvalue weighted by Crippen LogP contribution is 2.22. The third kappa shape index (κ3) is 14.6. The van der Waals surface area contributed by atoms with E-state index in [1.807, 2.05) is 41.5 Å². The summed E-state index contributed by atoms with van der Waals surface area (Å²) in [4.78, 5) is 22.8. The number of esters is 2. The first-order chi connectivity index (χ1) is 12.6. The molecule has 0 bridgehead atoms. The molecule has 0 amide bonds. The van der Waals surface area contributed by atoms with E-state index >= 15 is 0 Å². The number of carbonyl (C=O) groups is 2. The van der Waals surface area contributed by atoms with Crippen LogP contribution in [0.3, 0.4) is 0 Å². The van der Waals surface area contributed by atoms with Gasteiger partial charge in [0.1, 0.15) is 6.61 Å². The molecule has 0 aliphatic rings. The largest absolute Gasteiger partial charge is 0.465 e. The molecule has 0 aromatic heterocycles. The number of rotatable bonds is 13. The highest BCUT2D eigenvalue weighted by atomic mass is 16.6. The number of hydrogen-bond donors (Lipinski definition) is 0. The summed E-state index contributed by atoms with van der Waals surface area (Å²) in [7, 11) is 1.62. The molecule has 6 nitrogen and oxygen atoms in total. The lowest BCUT2D eigenvalue weighted by atomic mass is 9.91. The van der Waals surface area contributed by atoms with Gasteiger partial charge >= 0.3 is 11.9 Å². The van der Waals surface area contributed by atoms with Crippen molar-refractivity contribution in [3.63, 3.8) is 0 Å². The number of hydrogen-bond acceptors (Lipinski definition) is 6. The molecule has 0 heterocycles. The Morgan fingerprint density at radius 2 is 1.15 bits per heavy atom. The molecular formula is C21H42O6. The lowest BCUT2D eigenvalue weighted by Crippen LogP contribution is -2.27. The fourth-order valence-corrected chi connectivity index (χ4v) is 1.43. The number of ether oxygens (including phenoxy) is 4. The molecule has 0 saturated carbocycles. The molecule has 0 aromatic rings. The van der Waals surface area contributed by atoms with E-state index in [1.165, 1.54) is 0 Å². The van der Waals surface area contributed by atoms with Gasteiger partial charge in [0.25, 0.3) is 0 Å². The molecular weight excluding hydrogens is 348 g/mol. The first-order valence-corrected chi connectivity index (χ1v) is 10.00. The van der Waals surface area contributed by atoms with E-state index in [4.69, 9.17) is 18.9 Å². The van der Waals surface area contributed by atoms with Crippen LogP contribution < -0.4 is 0 Å². The Bertz CT molecular complexity index is 390. The highest BCUT2D eigenvalue weighted by molar-refractivity contribution is 5.76. The van der Waals surface area contributed by atoms with Crippen LogP contribution in [0.2, 0.25) is 0 Å². The summed E-state index contributed by atoms with van der Waals surface area (Å²) in [5, 5.41) is 0. The van der Waals surface area contributed by atoms with Gasteiger partial charge in [-0.1, -0.05) is 27.2 Å². The van der Waals surface area contributed by atoms with Gasteiger partial charge in [-0.05, 0) is 47.0 Å². The summed E-state index contributed by atoms with van der Waals surface area (Å²) in [6.45, 7) is 16.0. The van der Waals surface area contributed by atoms with Gasteiger partial charge in [-0.2, -0.15) is 0 Å². The van der Waals surface area contributed by atoms with Crippen LogP contribution in [-0.4, -0.2) is 52.1 Å². The monoisotopic (exact) mass is 390 g/mol. The molecule has 0 aliphatic carbocycles. The molecule has 0 unspecified atom stereocenters. The van der Waals surface area contributed by atoms with Crippen LogP contribution in [0, 0.1) is 10.8 Å². The van der Waals surface area contributed by atoms with Gasteiger partial charge in [0, 0.05) is 7.11 Å². The van der Waals surface area contributed by atoms with Gasteiger partial charge < -0.3 is 18.9 Å². The summed E-state index contributed by atoms with van der Waals surface area (Å²) in [5.41, 5.74) is -0.708. The molecule has 27 heavy (non-hydrogen) atoms. The maximum absolute atomic E-state index is 11.5. The highest BCUT2D eigenvalue weighted by Gasteiger charge is 2.27. The standard InChI is InChI=1S/C11H22O4.C10H20O2/c1-5-11(2,3)10(12)15-9-8-14-7-6-13-4;1-5-7-8-12-9(11)10(3,4)6-2/h5-9H2,1-4H3;5-8H2,1-4H3. The molecule has 0 aliphatic heterocycles. The van der Waals surface area contributed by atoms with E-state index in [9.17, 15) is 9.59 Å². The second kappa shape index (κ2) is 15.9. The molecule has 0 rings (SSSR count). The average molecular weight is 391 g/mol. The molecule has 0 atom stereocenters. The molecule has 162 valence electrons. The van der Waals surface area contributed by atoms with Crippen LogP contribution in [0.15, 0.2) is 0 Å². The summed E-state index contributed by atoms with van der Waals surface area (Å²) >= 11 is 0. The van der Waals surface area contributed by atoms with Crippen molar-refractivity contribution >= 4 is 11.9 Å². The Kier molecular flexibility index (Phi) is 16.5. The number of unbranched alkanes of at least 4 members (excludes halogenated alkanes) is 1. The van der Waals surface area contributed by atoms with Crippen molar-refractivity contribution in [2.24, 2.45) is 10.8 Å². The predicted octanol–water partition coefficient (Wildman–Crippen LogP) is 4.39.